The van der Waals surface area contributed by atoms with Gasteiger partial charge in [-0.05, 0) is 54.6 Å². The van der Waals surface area contributed by atoms with E-state index in [1.807, 2.05) is 22.8 Å². The quantitative estimate of drug-likeness (QED) is 0.531. The minimum atomic E-state index is -0.275. The topological polar surface area (TPSA) is 73.0 Å². The molecule has 0 N–H and O–H groups in total. The van der Waals surface area contributed by atoms with Crippen LogP contribution in [0.3, 0.4) is 0 Å². The zero-order valence-corrected chi connectivity index (χ0v) is 15.2. The fourth-order valence-electron chi connectivity index (χ4n) is 3.37. The first-order valence-electron chi connectivity index (χ1n) is 9.11. The standard InChI is InChI=1S/C22H15FN4O2/c23-16-4-2-15(3-5-16)19-7-6-17(11-25-19)28-13-18-12-27-21-8-1-14(10-24)9-20(21)26-22(27)29-18/h1-9,11,18H,12-13H2/t18-/m0/s1. The lowest BCUT2D eigenvalue weighted by atomic mass is 10.1. The van der Waals surface area contributed by atoms with Crippen LogP contribution < -0.4 is 9.47 Å². The van der Waals surface area contributed by atoms with Crippen molar-refractivity contribution in [1.82, 2.24) is 14.5 Å². The van der Waals surface area contributed by atoms with Crippen LogP contribution in [0.15, 0.2) is 60.8 Å². The molecule has 142 valence electrons. The van der Waals surface area contributed by atoms with E-state index in [4.69, 9.17) is 14.7 Å². The zero-order valence-electron chi connectivity index (χ0n) is 15.2. The molecule has 0 spiro atoms. The molecular formula is C22H15FN4O2. The van der Waals surface area contributed by atoms with Crippen LogP contribution in [0.1, 0.15) is 5.56 Å². The van der Waals surface area contributed by atoms with E-state index in [-0.39, 0.29) is 11.9 Å². The molecule has 2 aromatic carbocycles. The van der Waals surface area contributed by atoms with E-state index in [0.717, 1.165) is 22.3 Å². The molecule has 7 heteroatoms. The number of halogens is 1. The van der Waals surface area contributed by atoms with Crippen molar-refractivity contribution in [3.05, 3.63) is 72.2 Å². The second kappa shape index (κ2) is 6.91. The van der Waals surface area contributed by atoms with E-state index in [2.05, 4.69) is 16.0 Å². The summed E-state index contributed by atoms with van der Waals surface area (Å²) in [7, 11) is 0. The van der Waals surface area contributed by atoms with Crippen molar-refractivity contribution in [3.63, 3.8) is 0 Å². The Balaban J connectivity index is 1.24. The van der Waals surface area contributed by atoms with Gasteiger partial charge < -0.3 is 9.47 Å². The van der Waals surface area contributed by atoms with Crippen LogP contribution in [0.25, 0.3) is 22.3 Å². The first kappa shape index (κ1) is 17.2. The summed E-state index contributed by atoms with van der Waals surface area (Å²) in [5.74, 6) is 0.357. The van der Waals surface area contributed by atoms with Crippen molar-refractivity contribution < 1.29 is 13.9 Å². The largest absolute Gasteiger partial charge is 0.488 e. The number of nitriles is 1. The first-order chi connectivity index (χ1) is 14.2. The van der Waals surface area contributed by atoms with Gasteiger partial charge in [-0.1, -0.05) is 0 Å². The van der Waals surface area contributed by atoms with Gasteiger partial charge in [0.25, 0.3) is 6.01 Å². The van der Waals surface area contributed by atoms with Crippen molar-refractivity contribution in [3.8, 4) is 29.1 Å². The molecule has 0 saturated heterocycles. The summed E-state index contributed by atoms with van der Waals surface area (Å²) in [6.07, 6.45) is 1.49. The van der Waals surface area contributed by atoms with Crippen molar-refractivity contribution in [2.24, 2.45) is 0 Å². The monoisotopic (exact) mass is 386 g/mol. The van der Waals surface area contributed by atoms with Crippen molar-refractivity contribution >= 4 is 11.0 Å². The second-order valence-corrected chi connectivity index (χ2v) is 6.76. The Morgan fingerprint density at radius 3 is 2.79 bits per heavy atom. The van der Waals surface area contributed by atoms with Crippen LogP contribution in [-0.4, -0.2) is 27.2 Å². The fraction of sp³-hybridized carbons (Fsp3) is 0.136. The molecule has 1 aliphatic heterocycles. The summed E-state index contributed by atoms with van der Waals surface area (Å²) in [6.45, 7) is 0.984. The summed E-state index contributed by atoms with van der Waals surface area (Å²) in [5, 5.41) is 9.00. The zero-order chi connectivity index (χ0) is 19.8. The maximum atomic E-state index is 13.0. The molecule has 0 saturated carbocycles. The molecule has 1 aliphatic rings. The third-order valence-electron chi connectivity index (χ3n) is 4.81. The van der Waals surface area contributed by atoms with Gasteiger partial charge in [0.1, 0.15) is 18.2 Å². The lowest BCUT2D eigenvalue weighted by Gasteiger charge is -2.11. The summed E-state index contributed by atoms with van der Waals surface area (Å²) < 4.78 is 26.7. The fourth-order valence-corrected chi connectivity index (χ4v) is 3.37. The molecule has 0 amide bonds. The molecule has 1 atom stereocenters. The molecule has 6 nitrogen and oxygen atoms in total. The van der Waals surface area contributed by atoms with Crippen molar-refractivity contribution in [1.29, 1.82) is 5.26 Å². The van der Waals surface area contributed by atoms with Crippen LogP contribution in [0.2, 0.25) is 0 Å². The number of hydrogen-bond acceptors (Lipinski definition) is 5. The average Bonchev–Trinajstić information content (AvgIpc) is 3.30. The first-order valence-corrected chi connectivity index (χ1v) is 9.11. The molecule has 0 aliphatic carbocycles. The lowest BCUT2D eigenvalue weighted by molar-refractivity contribution is 0.143. The van der Waals surface area contributed by atoms with E-state index in [1.165, 1.54) is 12.1 Å². The maximum Gasteiger partial charge on any atom is 0.297 e. The van der Waals surface area contributed by atoms with Crippen molar-refractivity contribution in [2.75, 3.05) is 6.61 Å². The Morgan fingerprint density at radius 1 is 1.17 bits per heavy atom. The van der Waals surface area contributed by atoms with Crippen LogP contribution in [0, 0.1) is 17.1 Å². The number of fused-ring (bicyclic) bond motifs is 3. The smallest absolute Gasteiger partial charge is 0.297 e. The summed E-state index contributed by atoms with van der Waals surface area (Å²) in [5.41, 5.74) is 3.85. The Labute approximate surface area is 165 Å². The number of pyridine rings is 1. The van der Waals surface area contributed by atoms with E-state index in [0.29, 0.717) is 30.5 Å². The van der Waals surface area contributed by atoms with Gasteiger partial charge in [-0.15, -0.1) is 0 Å². The highest BCUT2D eigenvalue weighted by Gasteiger charge is 2.27. The molecule has 3 heterocycles. The molecule has 0 unspecified atom stereocenters. The normalized spacial score (nSPS) is 15.0. The highest BCUT2D eigenvalue weighted by molar-refractivity contribution is 5.78. The number of rotatable bonds is 4. The predicted molar refractivity (Wildman–Crippen MR) is 104 cm³/mol. The van der Waals surface area contributed by atoms with Gasteiger partial charge >= 0.3 is 0 Å². The molecule has 0 fully saturated rings. The maximum absolute atomic E-state index is 13.0. The Bertz CT molecular complexity index is 1230. The highest BCUT2D eigenvalue weighted by atomic mass is 19.1. The highest BCUT2D eigenvalue weighted by Crippen LogP contribution is 2.29. The molecule has 0 radical (unpaired) electrons. The number of benzene rings is 2. The number of hydrogen-bond donors (Lipinski definition) is 0. The molecular weight excluding hydrogens is 371 g/mol. The van der Waals surface area contributed by atoms with Crippen LogP contribution >= 0.6 is 0 Å². The van der Waals surface area contributed by atoms with Crippen LogP contribution in [-0.2, 0) is 6.54 Å². The van der Waals surface area contributed by atoms with Gasteiger partial charge in [0.2, 0.25) is 0 Å². The molecule has 0 bridgehead atoms. The lowest BCUT2D eigenvalue weighted by Crippen LogP contribution is -2.23. The second-order valence-electron chi connectivity index (χ2n) is 6.76. The van der Waals surface area contributed by atoms with Gasteiger partial charge in [0, 0.05) is 5.56 Å². The molecule has 29 heavy (non-hydrogen) atoms. The Morgan fingerprint density at radius 2 is 2.03 bits per heavy atom. The van der Waals surface area contributed by atoms with Crippen LogP contribution in [0.5, 0.6) is 11.8 Å². The average molecular weight is 386 g/mol. The predicted octanol–water partition coefficient (Wildman–Crippen LogP) is 3.95. The SMILES string of the molecule is N#Cc1ccc2c(c1)nc1n2C[C@@H](COc2ccc(-c3ccc(F)cc3)nc2)O1. The molecule has 4 aromatic rings. The minimum absolute atomic E-state index is 0.158. The van der Waals surface area contributed by atoms with E-state index in [9.17, 15) is 4.39 Å². The molecule has 2 aromatic heterocycles. The van der Waals surface area contributed by atoms with Gasteiger partial charge in [-0.3, -0.25) is 9.55 Å². The van der Waals surface area contributed by atoms with E-state index >= 15 is 0 Å². The third-order valence-corrected chi connectivity index (χ3v) is 4.81. The molecule has 5 rings (SSSR count). The minimum Gasteiger partial charge on any atom is -0.488 e. The number of imidazole rings is 1. The summed E-state index contributed by atoms with van der Waals surface area (Å²) in [4.78, 5) is 8.83. The van der Waals surface area contributed by atoms with E-state index < -0.39 is 0 Å². The van der Waals surface area contributed by atoms with Crippen LogP contribution in [0.4, 0.5) is 4.39 Å². The Kier molecular flexibility index (Phi) is 4.10. The van der Waals surface area contributed by atoms with Gasteiger partial charge in [0.15, 0.2) is 6.10 Å². The van der Waals surface area contributed by atoms with Gasteiger partial charge in [-0.2, -0.15) is 10.2 Å². The summed E-state index contributed by atoms with van der Waals surface area (Å²) >= 11 is 0. The van der Waals surface area contributed by atoms with Crippen molar-refractivity contribution in [2.45, 2.75) is 12.6 Å². The van der Waals surface area contributed by atoms with Gasteiger partial charge in [-0.25, -0.2) is 4.39 Å². The number of aromatic nitrogens is 3. The Hall–Kier alpha value is -3.92. The van der Waals surface area contributed by atoms with E-state index in [1.54, 1.807) is 30.5 Å². The summed E-state index contributed by atoms with van der Waals surface area (Å²) in [6, 6.07) is 17.9. The number of nitrogens with zero attached hydrogens (tertiary/aromatic N) is 4. The van der Waals surface area contributed by atoms with Gasteiger partial charge in [0.05, 0.1) is 41.1 Å². The third kappa shape index (κ3) is 3.25. The number of ether oxygens (including phenoxy) is 2.